The lowest BCUT2D eigenvalue weighted by molar-refractivity contribution is -0.146. The van der Waals surface area contributed by atoms with Gasteiger partial charge < -0.3 is 14.2 Å². The van der Waals surface area contributed by atoms with Gasteiger partial charge in [-0.2, -0.15) is 0 Å². The van der Waals surface area contributed by atoms with Gasteiger partial charge in [-0.25, -0.2) is 9.78 Å². The molecule has 1 amide bonds. The second kappa shape index (κ2) is 9.16. The van der Waals surface area contributed by atoms with E-state index in [1.54, 1.807) is 25.4 Å². The zero-order valence-electron chi connectivity index (χ0n) is 16.3. The van der Waals surface area contributed by atoms with Crippen molar-refractivity contribution >= 4 is 28.9 Å². The van der Waals surface area contributed by atoms with E-state index in [1.807, 2.05) is 30.5 Å². The Balaban J connectivity index is 1.89. The van der Waals surface area contributed by atoms with Gasteiger partial charge in [0, 0.05) is 24.5 Å². The molecule has 0 N–H and O–H groups in total. The molecule has 0 radical (unpaired) electrons. The fraction of sp³-hybridized carbons (Fsp3) is 0.450. The number of esters is 1. The number of carbonyl (C=O) groups is 2. The second-order valence-corrected chi connectivity index (χ2v) is 7.39. The normalized spacial score (nSPS) is 14.4. The zero-order valence-corrected chi connectivity index (χ0v) is 17.1. The molecule has 0 aliphatic carbocycles. The molecule has 0 bridgehead atoms. The number of thiazole rings is 1. The van der Waals surface area contributed by atoms with Gasteiger partial charge in [-0.05, 0) is 31.5 Å². The summed E-state index contributed by atoms with van der Waals surface area (Å²) in [6, 6.07) is 4.82. The number of methoxy groups -OCH3 is 1. The molecule has 150 valence electrons. The molecule has 0 saturated heterocycles. The van der Waals surface area contributed by atoms with Crippen LogP contribution in [0.1, 0.15) is 25.3 Å². The molecule has 2 aromatic rings. The van der Waals surface area contributed by atoms with E-state index in [9.17, 15) is 9.59 Å². The minimum atomic E-state index is -0.732. The highest BCUT2D eigenvalue weighted by molar-refractivity contribution is 7.09. The summed E-state index contributed by atoms with van der Waals surface area (Å²) < 4.78 is 15.9. The molecule has 1 aromatic heterocycles. The van der Waals surface area contributed by atoms with Crippen LogP contribution in [0, 0.1) is 0 Å². The summed E-state index contributed by atoms with van der Waals surface area (Å²) >= 11 is 1.57. The maximum Gasteiger partial charge on any atom is 0.328 e. The first-order valence-electron chi connectivity index (χ1n) is 9.24. The van der Waals surface area contributed by atoms with Gasteiger partial charge in [-0.3, -0.25) is 9.69 Å². The van der Waals surface area contributed by atoms with Crippen LogP contribution in [0.15, 0.2) is 23.6 Å². The lowest BCUT2D eigenvalue weighted by atomic mass is 10.1. The summed E-state index contributed by atoms with van der Waals surface area (Å²) in [7, 11) is 1.66. The molecule has 0 saturated carbocycles. The molecule has 1 aliphatic heterocycles. The first-order chi connectivity index (χ1) is 13.5. The molecule has 0 fully saturated rings. The van der Waals surface area contributed by atoms with Crippen LogP contribution in [-0.4, -0.2) is 49.8 Å². The number of rotatable bonds is 8. The van der Waals surface area contributed by atoms with Crippen molar-refractivity contribution < 1.29 is 23.8 Å². The average Bonchev–Trinajstić information content (AvgIpc) is 3.18. The van der Waals surface area contributed by atoms with Crippen molar-refractivity contribution in [3.63, 3.8) is 0 Å². The summed E-state index contributed by atoms with van der Waals surface area (Å²) in [5, 5.41) is 2.96. The minimum Gasteiger partial charge on any atom is -0.482 e. The highest BCUT2D eigenvalue weighted by Gasteiger charge is 2.34. The van der Waals surface area contributed by atoms with Crippen LogP contribution in [-0.2, 0) is 25.5 Å². The Hall–Kier alpha value is -2.45. The van der Waals surface area contributed by atoms with Crippen LogP contribution in [0.3, 0.4) is 0 Å². The fourth-order valence-corrected chi connectivity index (χ4v) is 3.72. The maximum atomic E-state index is 12.5. The van der Waals surface area contributed by atoms with Crippen molar-refractivity contribution in [2.24, 2.45) is 0 Å². The SMILES string of the molecule is CCCOC(=O)C(C)N1C(=O)COc2ccc(-c3csc(CCOC)n3)cc21. The van der Waals surface area contributed by atoms with E-state index < -0.39 is 12.0 Å². The van der Waals surface area contributed by atoms with E-state index in [1.165, 1.54) is 4.90 Å². The third-order valence-corrected chi connectivity index (χ3v) is 5.29. The average molecular weight is 404 g/mol. The monoisotopic (exact) mass is 404 g/mol. The van der Waals surface area contributed by atoms with E-state index >= 15 is 0 Å². The molecule has 1 atom stereocenters. The Labute approximate surface area is 168 Å². The lowest BCUT2D eigenvalue weighted by Gasteiger charge is -2.33. The van der Waals surface area contributed by atoms with Crippen molar-refractivity contribution in [2.75, 3.05) is 31.8 Å². The van der Waals surface area contributed by atoms with E-state index in [0.717, 1.165) is 29.1 Å². The number of anilines is 1. The Bertz CT molecular complexity index is 851. The number of nitrogens with zero attached hydrogens (tertiary/aromatic N) is 2. The number of aromatic nitrogens is 1. The molecule has 2 heterocycles. The molecule has 1 aromatic carbocycles. The van der Waals surface area contributed by atoms with Gasteiger partial charge in [0.1, 0.15) is 11.8 Å². The van der Waals surface area contributed by atoms with E-state index in [-0.39, 0.29) is 12.5 Å². The molecular formula is C20H24N2O5S. The van der Waals surface area contributed by atoms with Crippen LogP contribution in [0.25, 0.3) is 11.3 Å². The first kappa shape index (κ1) is 20.3. The molecule has 0 spiro atoms. The first-order valence-corrected chi connectivity index (χ1v) is 10.1. The molecule has 7 nitrogen and oxygen atoms in total. The van der Waals surface area contributed by atoms with Gasteiger partial charge in [0.2, 0.25) is 0 Å². The molecule has 28 heavy (non-hydrogen) atoms. The topological polar surface area (TPSA) is 78.0 Å². The van der Waals surface area contributed by atoms with E-state index in [4.69, 9.17) is 14.2 Å². The number of fused-ring (bicyclic) bond motifs is 1. The van der Waals surface area contributed by atoms with Crippen molar-refractivity contribution in [1.82, 2.24) is 4.98 Å². The Morgan fingerprint density at radius 2 is 2.21 bits per heavy atom. The zero-order chi connectivity index (χ0) is 20.1. The van der Waals surface area contributed by atoms with Crippen LogP contribution in [0.4, 0.5) is 5.69 Å². The number of carbonyl (C=O) groups excluding carboxylic acids is 2. The number of amides is 1. The summed E-state index contributed by atoms with van der Waals surface area (Å²) in [5.41, 5.74) is 2.23. The summed E-state index contributed by atoms with van der Waals surface area (Å²) in [4.78, 5) is 30.9. The van der Waals surface area contributed by atoms with Gasteiger partial charge in [0.15, 0.2) is 6.61 Å². The van der Waals surface area contributed by atoms with Crippen LogP contribution in [0.2, 0.25) is 0 Å². The third-order valence-electron chi connectivity index (χ3n) is 4.38. The summed E-state index contributed by atoms with van der Waals surface area (Å²) in [5.74, 6) is -0.137. The summed E-state index contributed by atoms with van der Waals surface area (Å²) in [6.07, 6.45) is 1.48. The largest absolute Gasteiger partial charge is 0.482 e. The van der Waals surface area contributed by atoms with Crippen molar-refractivity contribution in [3.8, 4) is 17.0 Å². The van der Waals surface area contributed by atoms with Gasteiger partial charge in [0.05, 0.1) is 29.6 Å². The van der Waals surface area contributed by atoms with Gasteiger partial charge in [0.25, 0.3) is 5.91 Å². The predicted molar refractivity (Wildman–Crippen MR) is 107 cm³/mol. The standard InChI is InChI=1S/C20H24N2O5S/c1-4-8-26-20(24)13(2)22-16-10-14(5-6-17(16)27-11-19(22)23)15-12-28-18(21-15)7-9-25-3/h5-6,10,12-13H,4,7-9,11H2,1-3H3. The molecule has 8 heteroatoms. The van der Waals surface area contributed by atoms with Crippen molar-refractivity contribution in [1.29, 1.82) is 0 Å². The second-order valence-electron chi connectivity index (χ2n) is 6.45. The van der Waals surface area contributed by atoms with Gasteiger partial charge in [-0.1, -0.05) is 6.92 Å². The van der Waals surface area contributed by atoms with Gasteiger partial charge >= 0.3 is 5.97 Å². The fourth-order valence-electron chi connectivity index (χ4n) is 2.93. The van der Waals surface area contributed by atoms with Crippen LogP contribution < -0.4 is 9.64 Å². The molecular weight excluding hydrogens is 380 g/mol. The molecule has 1 unspecified atom stereocenters. The van der Waals surface area contributed by atoms with Crippen LogP contribution >= 0.6 is 11.3 Å². The van der Waals surface area contributed by atoms with Crippen molar-refractivity contribution in [2.45, 2.75) is 32.7 Å². The van der Waals surface area contributed by atoms with E-state index in [2.05, 4.69) is 4.98 Å². The number of benzene rings is 1. The van der Waals surface area contributed by atoms with Crippen LogP contribution in [0.5, 0.6) is 5.75 Å². The minimum absolute atomic E-state index is 0.102. The van der Waals surface area contributed by atoms with Crippen molar-refractivity contribution in [3.05, 3.63) is 28.6 Å². The predicted octanol–water partition coefficient (Wildman–Crippen LogP) is 3.07. The molecule has 1 aliphatic rings. The molecule has 3 rings (SSSR count). The summed E-state index contributed by atoms with van der Waals surface area (Å²) in [6.45, 7) is 4.44. The van der Waals surface area contributed by atoms with E-state index in [0.29, 0.717) is 24.7 Å². The quantitative estimate of drug-likeness (QED) is 0.629. The third kappa shape index (κ3) is 4.34. The Morgan fingerprint density at radius 3 is 2.96 bits per heavy atom. The Morgan fingerprint density at radius 1 is 1.39 bits per heavy atom. The smallest absolute Gasteiger partial charge is 0.328 e. The maximum absolute atomic E-state index is 12.5. The lowest BCUT2D eigenvalue weighted by Crippen LogP contribution is -2.48. The highest BCUT2D eigenvalue weighted by Crippen LogP contribution is 2.37. The van der Waals surface area contributed by atoms with Gasteiger partial charge in [-0.15, -0.1) is 11.3 Å². The number of ether oxygens (including phenoxy) is 3. The number of hydrogen-bond donors (Lipinski definition) is 0. The Kier molecular flexibility index (Phi) is 6.64. The highest BCUT2D eigenvalue weighted by atomic mass is 32.1. The number of hydrogen-bond acceptors (Lipinski definition) is 7.